The second kappa shape index (κ2) is 7.22. The third kappa shape index (κ3) is 4.77. The van der Waals surface area contributed by atoms with Crippen molar-refractivity contribution >= 4 is 21.4 Å². The zero-order valence-electron chi connectivity index (χ0n) is 12.9. The van der Waals surface area contributed by atoms with Crippen LogP contribution in [0.5, 0.6) is 0 Å². The molecule has 1 aromatic heterocycles. The molecule has 1 heterocycles. The Morgan fingerprint density at radius 2 is 2.00 bits per heavy atom. The summed E-state index contributed by atoms with van der Waals surface area (Å²) in [7, 11) is -3.39. The Labute approximate surface area is 132 Å². The van der Waals surface area contributed by atoms with E-state index in [0.717, 1.165) is 50.8 Å². The van der Waals surface area contributed by atoms with E-state index >= 15 is 0 Å². The zero-order valence-corrected chi connectivity index (χ0v) is 14.6. The summed E-state index contributed by atoms with van der Waals surface area (Å²) in [5, 5.41) is 5.23. The van der Waals surface area contributed by atoms with E-state index in [9.17, 15) is 8.42 Å². The van der Waals surface area contributed by atoms with E-state index in [4.69, 9.17) is 0 Å². The molecule has 0 aromatic carbocycles. The minimum atomic E-state index is -3.39. The van der Waals surface area contributed by atoms with E-state index < -0.39 is 10.0 Å². The van der Waals surface area contributed by atoms with Crippen molar-refractivity contribution in [2.24, 2.45) is 0 Å². The Bertz CT molecular complexity index is 546. The van der Waals surface area contributed by atoms with E-state index in [0.29, 0.717) is 4.21 Å². The fourth-order valence-electron chi connectivity index (χ4n) is 2.81. The molecular formula is C15H26N2O2S2. The van der Waals surface area contributed by atoms with Gasteiger partial charge in [0.15, 0.2) is 0 Å². The molecule has 4 nitrogen and oxygen atoms in total. The maximum atomic E-state index is 12.5. The van der Waals surface area contributed by atoms with Crippen LogP contribution in [0, 0.1) is 0 Å². The molecule has 21 heavy (non-hydrogen) atoms. The molecule has 120 valence electrons. The first-order valence-electron chi connectivity index (χ1n) is 7.77. The van der Waals surface area contributed by atoms with Gasteiger partial charge in [-0.3, -0.25) is 0 Å². The molecule has 1 aliphatic rings. The number of sulfonamides is 1. The van der Waals surface area contributed by atoms with Crippen LogP contribution in [0.1, 0.15) is 57.9 Å². The van der Waals surface area contributed by atoms with Crippen molar-refractivity contribution in [2.45, 2.75) is 68.7 Å². The molecule has 1 aromatic rings. The molecule has 6 heteroatoms. The van der Waals surface area contributed by atoms with Gasteiger partial charge in [-0.25, -0.2) is 13.1 Å². The van der Waals surface area contributed by atoms with Crippen LogP contribution < -0.4 is 10.0 Å². The molecule has 1 saturated carbocycles. The van der Waals surface area contributed by atoms with Gasteiger partial charge in [-0.1, -0.05) is 26.2 Å². The number of thiophene rings is 1. The summed E-state index contributed by atoms with van der Waals surface area (Å²) >= 11 is 1.31. The van der Waals surface area contributed by atoms with Crippen molar-refractivity contribution in [3.8, 4) is 0 Å². The summed E-state index contributed by atoms with van der Waals surface area (Å²) in [6, 6.07) is 1.79. The van der Waals surface area contributed by atoms with Crippen molar-refractivity contribution in [1.82, 2.24) is 10.0 Å². The van der Waals surface area contributed by atoms with Crippen LogP contribution in [0.15, 0.2) is 15.7 Å². The maximum absolute atomic E-state index is 12.5. The van der Waals surface area contributed by atoms with Gasteiger partial charge in [0.1, 0.15) is 4.21 Å². The van der Waals surface area contributed by atoms with E-state index in [1.165, 1.54) is 17.8 Å². The topological polar surface area (TPSA) is 58.2 Å². The lowest BCUT2D eigenvalue weighted by Crippen LogP contribution is -2.46. The highest BCUT2D eigenvalue weighted by Gasteiger charge is 2.32. The summed E-state index contributed by atoms with van der Waals surface area (Å²) in [6.07, 6.45) is 6.37. The maximum Gasteiger partial charge on any atom is 0.250 e. The van der Waals surface area contributed by atoms with Crippen LogP contribution in [0.4, 0.5) is 0 Å². The third-order valence-electron chi connectivity index (χ3n) is 3.99. The molecule has 0 radical (unpaired) electrons. The molecule has 0 aliphatic heterocycles. The smallest absolute Gasteiger partial charge is 0.250 e. The van der Waals surface area contributed by atoms with Gasteiger partial charge >= 0.3 is 0 Å². The van der Waals surface area contributed by atoms with Crippen LogP contribution in [0.2, 0.25) is 0 Å². The number of nitrogens with one attached hydrogen (secondary N) is 2. The van der Waals surface area contributed by atoms with Gasteiger partial charge in [0.05, 0.1) is 0 Å². The van der Waals surface area contributed by atoms with E-state index in [1.807, 2.05) is 12.3 Å². The van der Waals surface area contributed by atoms with Crippen LogP contribution in [0.25, 0.3) is 0 Å². The highest BCUT2D eigenvalue weighted by atomic mass is 32.2. The predicted octanol–water partition coefficient (Wildman–Crippen LogP) is 3.25. The van der Waals surface area contributed by atoms with Gasteiger partial charge in [0.2, 0.25) is 0 Å². The summed E-state index contributed by atoms with van der Waals surface area (Å²) in [6.45, 7) is 5.83. The molecule has 0 atom stereocenters. The first-order chi connectivity index (χ1) is 9.95. The van der Waals surface area contributed by atoms with Crippen LogP contribution >= 0.6 is 11.3 Å². The Morgan fingerprint density at radius 3 is 2.67 bits per heavy atom. The molecule has 0 unspecified atom stereocenters. The van der Waals surface area contributed by atoms with Gasteiger partial charge in [-0.15, -0.1) is 11.3 Å². The van der Waals surface area contributed by atoms with E-state index in [-0.39, 0.29) is 5.54 Å². The van der Waals surface area contributed by atoms with Crippen molar-refractivity contribution in [2.75, 3.05) is 6.54 Å². The van der Waals surface area contributed by atoms with Crippen molar-refractivity contribution in [3.63, 3.8) is 0 Å². The molecule has 2 rings (SSSR count). The van der Waals surface area contributed by atoms with Gasteiger partial charge in [0.25, 0.3) is 10.0 Å². The summed E-state index contributed by atoms with van der Waals surface area (Å²) in [5.41, 5.74) is 0.768. The van der Waals surface area contributed by atoms with Crippen LogP contribution in [-0.2, 0) is 16.6 Å². The molecule has 1 fully saturated rings. The standard InChI is InChI=1S/C15H26N2O2S2/c1-3-9-16-11-13-10-14(20-12-13)21(18,19)17-15(2)7-5-4-6-8-15/h10,12,16-17H,3-9,11H2,1-2H3. The Hall–Kier alpha value is -0.430. The Morgan fingerprint density at radius 1 is 1.29 bits per heavy atom. The van der Waals surface area contributed by atoms with Gasteiger partial charge in [-0.2, -0.15) is 0 Å². The van der Waals surface area contributed by atoms with Crippen LogP contribution in [-0.4, -0.2) is 20.5 Å². The number of hydrogen-bond acceptors (Lipinski definition) is 4. The van der Waals surface area contributed by atoms with E-state index in [1.54, 1.807) is 6.07 Å². The average Bonchev–Trinajstić information content (AvgIpc) is 2.88. The highest BCUT2D eigenvalue weighted by molar-refractivity contribution is 7.91. The lowest BCUT2D eigenvalue weighted by atomic mass is 9.84. The highest BCUT2D eigenvalue weighted by Crippen LogP contribution is 2.30. The minimum absolute atomic E-state index is 0.276. The van der Waals surface area contributed by atoms with Gasteiger partial charge in [-0.05, 0) is 49.7 Å². The summed E-state index contributed by atoms with van der Waals surface area (Å²) in [5.74, 6) is 0. The molecule has 0 bridgehead atoms. The van der Waals surface area contributed by atoms with Gasteiger partial charge < -0.3 is 5.32 Å². The van der Waals surface area contributed by atoms with Crippen molar-refractivity contribution in [1.29, 1.82) is 0 Å². The second-order valence-electron chi connectivity index (χ2n) is 6.18. The monoisotopic (exact) mass is 330 g/mol. The molecule has 0 saturated heterocycles. The van der Waals surface area contributed by atoms with Crippen LogP contribution in [0.3, 0.4) is 0 Å². The lowest BCUT2D eigenvalue weighted by molar-refractivity contribution is 0.294. The largest absolute Gasteiger partial charge is 0.313 e. The lowest BCUT2D eigenvalue weighted by Gasteiger charge is -2.33. The summed E-state index contributed by atoms with van der Waals surface area (Å²) < 4.78 is 28.4. The molecule has 0 amide bonds. The molecular weight excluding hydrogens is 304 g/mol. The molecule has 0 spiro atoms. The minimum Gasteiger partial charge on any atom is -0.313 e. The fourth-order valence-corrected chi connectivity index (χ4v) is 5.48. The van der Waals surface area contributed by atoms with Gasteiger partial charge in [0, 0.05) is 12.1 Å². The zero-order chi connectivity index (χ0) is 15.3. The number of rotatable bonds is 7. The first-order valence-corrected chi connectivity index (χ1v) is 10.1. The Balaban J connectivity index is 2.02. The summed E-state index contributed by atoms with van der Waals surface area (Å²) in [4.78, 5) is 0. The normalized spacial score (nSPS) is 18.8. The van der Waals surface area contributed by atoms with Crippen molar-refractivity contribution < 1.29 is 8.42 Å². The quantitative estimate of drug-likeness (QED) is 0.755. The average molecular weight is 331 g/mol. The molecule has 2 N–H and O–H groups in total. The fraction of sp³-hybridized carbons (Fsp3) is 0.733. The van der Waals surface area contributed by atoms with Crippen molar-refractivity contribution in [3.05, 3.63) is 17.0 Å². The second-order valence-corrected chi connectivity index (χ2v) is 9.00. The predicted molar refractivity (Wildman–Crippen MR) is 88.1 cm³/mol. The SMILES string of the molecule is CCCNCc1csc(S(=O)(=O)NC2(C)CCCCC2)c1. The first kappa shape index (κ1) is 16.9. The third-order valence-corrected chi connectivity index (χ3v) is 7.12. The number of hydrogen-bond donors (Lipinski definition) is 2. The molecule has 1 aliphatic carbocycles. The van der Waals surface area contributed by atoms with E-state index in [2.05, 4.69) is 17.0 Å². The Kier molecular flexibility index (Phi) is 5.82.